The zero-order chi connectivity index (χ0) is 26.8. The predicted molar refractivity (Wildman–Crippen MR) is 150 cm³/mol. The van der Waals surface area contributed by atoms with E-state index < -0.39 is 6.04 Å². The first-order chi connectivity index (χ1) is 17.7. The van der Waals surface area contributed by atoms with Gasteiger partial charge in [-0.3, -0.25) is 9.59 Å². The molecule has 3 aromatic rings. The van der Waals surface area contributed by atoms with Gasteiger partial charge in [0, 0.05) is 19.5 Å². The van der Waals surface area contributed by atoms with E-state index in [2.05, 4.69) is 26.1 Å². The number of ether oxygens (including phenoxy) is 1. The lowest BCUT2D eigenvalue weighted by atomic mass is 9.87. The van der Waals surface area contributed by atoms with E-state index >= 15 is 0 Å². The van der Waals surface area contributed by atoms with E-state index in [4.69, 9.17) is 4.74 Å². The van der Waals surface area contributed by atoms with Gasteiger partial charge >= 0.3 is 0 Å². The summed E-state index contributed by atoms with van der Waals surface area (Å²) in [4.78, 5) is 28.7. The van der Waals surface area contributed by atoms with Crippen LogP contribution in [0, 0.1) is 6.92 Å². The molecule has 0 fully saturated rings. The van der Waals surface area contributed by atoms with Crippen LogP contribution < -0.4 is 10.1 Å². The maximum atomic E-state index is 13.7. The zero-order valence-corrected chi connectivity index (χ0v) is 22.8. The van der Waals surface area contributed by atoms with Crippen LogP contribution in [0.25, 0.3) is 0 Å². The van der Waals surface area contributed by atoms with Crippen molar-refractivity contribution in [2.75, 3.05) is 13.2 Å². The molecule has 2 amide bonds. The molecule has 1 N–H and O–H groups in total. The third-order valence-corrected chi connectivity index (χ3v) is 6.50. The fraction of sp³-hybridized carbons (Fsp3) is 0.375. The van der Waals surface area contributed by atoms with Crippen molar-refractivity contribution in [3.05, 3.63) is 101 Å². The van der Waals surface area contributed by atoms with Gasteiger partial charge in [-0.2, -0.15) is 0 Å². The molecule has 0 radical (unpaired) electrons. The number of aryl methyl sites for hydroxylation is 1. The molecule has 0 saturated carbocycles. The Morgan fingerprint density at radius 3 is 2.19 bits per heavy atom. The summed E-state index contributed by atoms with van der Waals surface area (Å²) in [6, 6.07) is 25.0. The Kier molecular flexibility index (Phi) is 9.90. The van der Waals surface area contributed by atoms with E-state index in [-0.39, 0.29) is 23.8 Å². The highest BCUT2D eigenvalue weighted by Crippen LogP contribution is 2.24. The molecule has 5 nitrogen and oxygen atoms in total. The standard InChI is InChI=1S/C32H40N2O3/c1-6-20-33-31(36)29(21-25-13-8-7-9-14-25)34(22-26-15-11-10-12-24(26)2)30(35)23-37-28-18-16-27(17-19-28)32(3,4)5/h7-19,29H,6,20-23H2,1-5H3,(H,33,36)/t29-/m0/s1. The highest BCUT2D eigenvalue weighted by molar-refractivity contribution is 5.88. The quantitative estimate of drug-likeness (QED) is 0.360. The fourth-order valence-corrected chi connectivity index (χ4v) is 4.17. The first-order valence-electron chi connectivity index (χ1n) is 13.1. The van der Waals surface area contributed by atoms with Gasteiger partial charge in [0.2, 0.25) is 5.91 Å². The lowest BCUT2D eigenvalue weighted by Crippen LogP contribution is -2.51. The average Bonchev–Trinajstić information content (AvgIpc) is 2.89. The SMILES string of the molecule is CCCNC(=O)[C@H](Cc1ccccc1)N(Cc1ccccc1C)C(=O)COc1ccc(C(C)(C)C)cc1. The third kappa shape index (κ3) is 8.21. The minimum Gasteiger partial charge on any atom is -0.484 e. The van der Waals surface area contributed by atoms with E-state index in [1.807, 2.05) is 92.7 Å². The maximum Gasteiger partial charge on any atom is 0.261 e. The summed E-state index contributed by atoms with van der Waals surface area (Å²) in [6.45, 7) is 11.3. The average molecular weight is 501 g/mol. The smallest absolute Gasteiger partial charge is 0.261 e. The first-order valence-corrected chi connectivity index (χ1v) is 13.1. The normalized spacial score (nSPS) is 12.0. The minimum absolute atomic E-state index is 0.0369. The molecule has 0 aliphatic carbocycles. The van der Waals surface area contributed by atoms with Crippen LogP contribution in [-0.2, 0) is 28.0 Å². The van der Waals surface area contributed by atoms with Gasteiger partial charge in [0.15, 0.2) is 6.61 Å². The van der Waals surface area contributed by atoms with Crippen LogP contribution in [0.4, 0.5) is 0 Å². The third-order valence-electron chi connectivity index (χ3n) is 6.50. The topological polar surface area (TPSA) is 58.6 Å². The number of nitrogens with one attached hydrogen (secondary N) is 1. The number of hydrogen-bond donors (Lipinski definition) is 1. The Bertz CT molecular complexity index is 1150. The van der Waals surface area contributed by atoms with Crippen LogP contribution in [0.5, 0.6) is 5.75 Å². The number of rotatable bonds is 11. The lowest BCUT2D eigenvalue weighted by Gasteiger charge is -2.32. The van der Waals surface area contributed by atoms with E-state index in [0.29, 0.717) is 25.3 Å². The van der Waals surface area contributed by atoms with Crippen LogP contribution in [-0.4, -0.2) is 35.9 Å². The van der Waals surface area contributed by atoms with Gasteiger partial charge in [0.1, 0.15) is 11.8 Å². The molecule has 0 aliphatic rings. The molecular weight excluding hydrogens is 460 g/mol. The molecule has 0 aromatic heterocycles. The second-order valence-corrected chi connectivity index (χ2v) is 10.5. The van der Waals surface area contributed by atoms with Crippen molar-refractivity contribution in [1.82, 2.24) is 10.2 Å². The second kappa shape index (κ2) is 13.1. The highest BCUT2D eigenvalue weighted by Gasteiger charge is 2.30. The lowest BCUT2D eigenvalue weighted by molar-refractivity contribution is -0.142. The van der Waals surface area contributed by atoms with Crippen molar-refractivity contribution < 1.29 is 14.3 Å². The summed E-state index contributed by atoms with van der Waals surface area (Å²) in [6.07, 6.45) is 1.25. The Hall–Kier alpha value is -3.60. The number of carbonyl (C=O) groups excluding carboxylic acids is 2. The predicted octanol–water partition coefficient (Wildman–Crippen LogP) is 5.84. The maximum absolute atomic E-state index is 13.7. The van der Waals surface area contributed by atoms with E-state index in [1.165, 1.54) is 5.56 Å². The number of carbonyl (C=O) groups is 2. The highest BCUT2D eigenvalue weighted by atomic mass is 16.5. The van der Waals surface area contributed by atoms with Gasteiger partial charge in [-0.15, -0.1) is 0 Å². The molecule has 0 heterocycles. The second-order valence-electron chi connectivity index (χ2n) is 10.5. The molecule has 196 valence electrons. The molecule has 0 spiro atoms. The van der Waals surface area contributed by atoms with Gasteiger partial charge in [0.25, 0.3) is 5.91 Å². The molecule has 3 rings (SSSR count). The van der Waals surface area contributed by atoms with Gasteiger partial charge in [-0.05, 0) is 53.1 Å². The Morgan fingerprint density at radius 2 is 1.57 bits per heavy atom. The molecule has 1 atom stereocenters. The first kappa shape index (κ1) is 28.0. The molecule has 0 aliphatic heterocycles. The minimum atomic E-state index is -0.659. The molecule has 5 heteroatoms. The summed E-state index contributed by atoms with van der Waals surface area (Å²) >= 11 is 0. The largest absolute Gasteiger partial charge is 0.484 e. The molecular formula is C32H40N2O3. The van der Waals surface area contributed by atoms with E-state index in [9.17, 15) is 9.59 Å². The van der Waals surface area contributed by atoms with Crippen LogP contribution in [0.2, 0.25) is 0 Å². The number of amides is 2. The Morgan fingerprint density at radius 1 is 0.919 bits per heavy atom. The molecule has 37 heavy (non-hydrogen) atoms. The summed E-state index contributed by atoms with van der Waals surface area (Å²) in [5.74, 6) is 0.255. The molecule has 0 bridgehead atoms. The van der Waals surface area contributed by atoms with Crippen LogP contribution in [0.15, 0.2) is 78.9 Å². The van der Waals surface area contributed by atoms with Gasteiger partial charge in [0.05, 0.1) is 0 Å². The van der Waals surface area contributed by atoms with Crippen molar-refractivity contribution >= 4 is 11.8 Å². The number of benzene rings is 3. The fourth-order valence-electron chi connectivity index (χ4n) is 4.17. The van der Waals surface area contributed by atoms with Gasteiger partial charge in [-0.25, -0.2) is 0 Å². The monoisotopic (exact) mass is 500 g/mol. The van der Waals surface area contributed by atoms with Crippen LogP contribution >= 0.6 is 0 Å². The number of hydrogen-bond acceptors (Lipinski definition) is 3. The zero-order valence-electron chi connectivity index (χ0n) is 22.8. The molecule has 0 saturated heterocycles. The van der Waals surface area contributed by atoms with Gasteiger partial charge < -0.3 is 15.0 Å². The van der Waals surface area contributed by atoms with Crippen LogP contribution in [0.3, 0.4) is 0 Å². The van der Waals surface area contributed by atoms with E-state index in [1.54, 1.807) is 4.90 Å². The summed E-state index contributed by atoms with van der Waals surface area (Å²) in [5, 5.41) is 3.01. The van der Waals surface area contributed by atoms with Crippen molar-refractivity contribution in [3.8, 4) is 5.75 Å². The van der Waals surface area contributed by atoms with E-state index in [0.717, 1.165) is 23.1 Å². The summed E-state index contributed by atoms with van der Waals surface area (Å²) in [7, 11) is 0. The number of nitrogens with zero attached hydrogens (tertiary/aromatic N) is 1. The molecule has 0 unspecified atom stereocenters. The van der Waals surface area contributed by atoms with Crippen molar-refractivity contribution in [2.45, 2.75) is 65.5 Å². The van der Waals surface area contributed by atoms with Crippen LogP contribution in [0.1, 0.15) is 56.4 Å². The van der Waals surface area contributed by atoms with Gasteiger partial charge in [-0.1, -0.05) is 94.4 Å². The summed E-state index contributed by atoms with van der Waals surface area (Å²) in [5.41, 5.74) is 4.32. The molecule has 3 aromatic carbocycles. The Balaban J connectivity index is 1.87. The van der Waals surface area contributed by atoms with Crippen molar-refractivity contribution in [3.63, 3.8) is 0 Å². The van der Waals surface area contributed by atoms with Crippen molar-refractivity contribution in [2.24, 2.45) is 0 Å². The summed E-state index contributed by atoms with van der Waals surface area (Å²) < 4.78 is 5.92. The van der Waals surface area contributed by atoms with Crippen molar-refractivity contribution in [1.29, 1.82) is 0 Å². The Labute approximate surface area is 221 Å².